The van der Waals surface area contributed by atoms with Crippen LogP contribution in [0.4, 0.5) is 0 Å². The van der Waals surface area contributed by atoms with Gasteiger partial charge in [0.05, 0.1) is 17.7 Å². The number of benzene rings is 2. The molecule has 0 N–H and O–H groups in total. The first-order chi connectivity index (χ1) is 10.8. The van der Waals surface area contributed by atoms with Crippen molar-refractivity contribution in [3.63, 3.8) is 0 Å². The highest BCUT2D eigenvalue weighted by molar-refractivity contribution is 7.15. The van der Waals surface area contributed by atoms with Crippen molar-refractivity contribution in [3.8, 4) is 22.1 Å². The molecule has 22 heavy (non-hydrogen) atoms. The molecule has 112 valence electrons. The van der Waals surface area contributed by atoms with Gasteiger partial charge >= 0.3 is 0 Å². The molecular weight excluding hydrogens is 294 g/mol. The summed E-state index contributed by atoms with van der Waals surface area (Å²) in [6.45, 7) is 2.51. The van der Waals surface area contributed by atoms with Gasteiger partial charge in [0, 0.05) is 5.56 Å². The zero-order valence-corrected chi connectivity index (χ0v) is 13.4. The van der Waals surface area contributed by atoms with Crippen LogP contribution >= 0.6 is 11.3 Å². The second-order valence-corrected chi connectivity index (χ2v) is 5.92. The van der Waals surface area contributed by atoms with Gasteiger partial charge in [0.1, 0.15) is 11.6 Å². The average Bonchev–Trinajstić information content (AvgIpc) is 2.95. The van der Waals surface area contributed by atoms with E-state index in [4.69, 9.17) is 9.47 Å². The molecule has 4 heteroatoms. The van der Waals surface area contributed by atoms with Crippen molar-refractivity contribution in [3.05, 3.63) is 65.2 Å². The first-order valence-electron chi connectivity index (χ1n) is 7.05. The summed E-state index contributed by atoms with van der Waals surface area (Å²) in [6.07, 6.45) is 0. The van der Waals surface area contributed by atoms with Crippen LogP contribution in [-0.2, 0) is 6.61 Å². The molecule has 0 fully saturated rings. The van der Waals surface area contributed by atoms with Crippen LogP contribution in [0, 0.1) is 6.92 Å². The number of methoxy groups -OCH3 is 1. The molecule has 3 aromatic rings. The smallest absolute Gasteiger partial charge is 0.161 e. The minimum atomic E-state index is 0.497. The Morgan fingerprint density at radius 2 is 1.64 bits per heavy atom. The number of rotatable bonds is 5. The fraction of sp³-hybridized carbons (Fsp3) is 0.167. The standard InChI is InChI=1S/C18H17NO2S/c1-13-17(12-21-16-11-7-6-10-15(16)20-2)22-18(19-13)14-8-4-3-5-9-14/h3-11H,12H2,1-2H3. The summed E-state index contributed by atoms with van der Waals surface area (Å²) in [4.78, 5) is 5.77. The highest BCUT2D eigenvalue weighted by atomic mass is 32.1. The Labute approximate surface area is 134 Å². The van der Waals surface area contributed by atoms with Crippen LogP contribution in [0.15, 0.2) is 54.6 Å². The van der Waals surface area contributed by atoms with Crippen molar-refractivity contribution in [1.29, 1.82) is 0 Å². The molecule has 2 aromatic carbocycles. The number of para-hydroxylation sites is 2. The highest BCUT2D eigenvalue weighted by Gasteiger charge is 2.11. The molecule has 0 saturated heterocycles. The van der Waals surface area contributed by atoms with Gasteiger partial charge in [0.2, 0.25) is 0 Å². The topological polar surface area (TPSA) is 31.4 Å². The Kier molecular flexibility index (Phi) is 4.39. The van der Waals surface area contributed by atoms with Crippen LogP contribution in [-0.4, -0.2) is 12.1 Å². The van der Waals surface area contributed by atoms with E-state index in [1.54, 1.807) is 18.4 Å². The van der Waals surface area contributed by atoms with E-state index in [0.29, 0.717) is 6.61 Å². The lowest BCUT2D eigenvalue weighted by atomic mass is 10.2. The van der Waals surface area contributed by atoms with E-state index in [1.807, 2.05) is 49.4 Å². The van der Waals surface area contributed by atoms with Gasteiger partial charge in [-0.15, -0.1) is 11.3 Å². The van der Waals surface area contributed by atoms with E-state index in [0.717, 1.165) is 32.6 Å². The molecule has 0 unspecified atom stereocenters. The number of nitrogens with zero attached hydrogens (tertiary/aromatic N) is 1. The Morgan fingerprint density at radius 1 is 0.955 bits per heavy atom. The molecular formula is C18H17NO2S. The Bertz CT molecular complexity index is 753. The summed E-state index contributed by atoms with van der Waals surface area (Å²) >= 11 is 1.67. The van der Waals surface area contributed by atoms with Gasteiger partial charge in [-0.05, 0) is 19.1 Å². The minimum Gasteiger partial charge on any atom is -0.493 e. The van der Waals surface area contributed by atoms with Crippen LogP contribution < -0.4 is 9.47 Å². The number of hydrogen-bond donors (Lipinski definition) is 0. The van der Waals surface area contributed by atoms with Crippen molar-refractivity contribution >= 4 is 11.3 Å². The van der Waals surface area contributed by atoms with Gasteiger partial charge in [-0.3, -0.25) is 0 Å². The van der Waals surface area contributed by atoms with Crippen molar-refractivity contribution in [2.75, 3.05) is 7.11 Å². The second-order valence-electron chi connectivity index (χ2n) is 4.83. The summed E-state index contributed by atoms with van der Waals surface area (Å²) in [5, 5.41) is 1.02. The molecule has 0 bridgehead atoms. The molecule has 3 rings (SSSR count). The first-order valence-corrected chi connectivity index (χ1v) is 7.87. The molecule has 1 aromatic heterocycles. The third kappa shape index (κ3) is 3.12. The summed E-state index contributed by atoms with van der Waals surface area (Å²) in [5.41, 5.74) is 2.15. The fourth-order valence-corrected chi connectivity index (χ4v) is 3.13. The lowest BCUT2D eigenvalue weighted by Gasteiger charge is -2.09. The summed E-state index contributed by atoms with van der Waals surface area (Å²) in [5.74, 6) is 1.49. The van der Waals surface area contributed by atoms with Gasteiger partial charge in [0.25, 0.3) is 0 Å². The Hall–Kier alpha value is -2.33. The van der Waals surface area contributed by atoms with Crippen LogP contribution in [0.5, 0.6) is 11.5 Å². The molecule has 0 aliphatic heterocycles. The van der Waals surface area contributed by atoms with Crippen LogP contribution in [0.3, 0.4) is 0 Å². The van der Waals surface area contributed by atoms with Crippen molar-refractivity contribution in [2.45, 2.75) is 13.5 Å². The highest BCUT2D eigenvalue weighted by Crippen LogP contribution is 2.31. The quantitative estimate of drug-likeness (QED) is 0.684. The van der Waals surface area contributed by atoms with E-state index >= 15 is 0 Å². The van der Waals surface area contributed by atoms with Crippen LogP contribution in [0.1, 0.15) is 10.6 Å². The average molecular weight is 311 g/mol. The third-order valence-corrected chi connectivity index (χ3v) is 4.52. The fourth-order valence-electron chi connectivity index (χ4n) is 2.15. The number of ether oxygens (including phenoxy) is 2. The number of aromatic nitrogens is 1. The number of aryl methyl sites for hydroxylation is 1. The maximum absolute atomic E-state index is 5.89. The summed E-state index contributed by atoms with van der Waals surface area (Å²) in [7, 11) is 1.65. The second kappa shape index (κ2) is 6.62. The number of thiazole rings is 1. The molecule has 0 spiro atoms. The molecule has 0 amide bonds. The summed E-state index contributed by atoms with van der Waals surface area (Å²) in [6, 6.07) is 17.9. The lowest BCUT2D eigenvalue weighted by molar-refractivity contribution is 0.286. The van der Waals surface area contributed by atoms with E-state index in [2.05, 4.69) is 17.1 Å². The van der Waals surface area contributed by atoms with E-state index < -0.39 is 0 Å². The van der Waals surface area contributed by atoms with Gasteiger partial charge in [-0.1, -0.05) is 42.5 Å². The lowest BCUT2D eigenvalue weighted by Crippen LogP contribution is -1.97. The molecule has 0 saturated carbocycles. The molecule has 0 aliphatic rings. The van der Waals surface area contributed by atoms with E-state index in [9.17, 15) is 0 Å². The Balaban J connectivity index is 1.78. The third-order valence-electron chi connectivity index (χ3n) is 3.34. The maximum Gasteiger partial charge on any atom is 0.161 e. The van der Waals surface area contributed by atoms with E-state index in [-0.39, 0.29) is 0 Å². The van der Waals surface area contributed by atoms with Crippen molar-refractivity contribution < 1.29 is 9.47 Å². The summed E-state index contributed by atoms with van der Waals surface area (Å²) < 4.78 is 11.2. The maximum atomic E-state index is 5.89. The largest absolute Gasteiger partial charge is 0.493 e. The van der Waals surface area contributed by atoms with Crippen molar-refractivity contribution in [1.82, 2.24) is 4.98 Å². The molecule has 0 atom stereocenters. The molecule has 0 radical (unpaired) electrons. The van der Waals surface area contributed by atoms with E-state index in [1.165, 1.54) is 0 Å². The van der Waals surface area contributed by atoms with Crippen molar-refractivity contribution in [2.24, 2.45) is 0 Å². The zero-order valence-electron chi connectivity index (χ0n) is 12.6. The normalized spacial score (nSPS) is 10.5. The molecule has 3 nitrogen and oxygen atoms in total. The van der Waals surface area contributed by atoms with Crippen LogP contribution in [0.2, 0.25) is 0 Å². The first kappa shape index (κ1) is 14.6. The molecule has 1 heterocycles. The predicted molar refractivity (Wildman–Crippen MR) is 89.6 cm³/mol. The minimum absolute atomic E-state index is 0.497. The van der Waals surface area contributed by atoms with Gasteiger partial charge in [-0.25, -0.2) is 4.98 Å². The zero-order chi connectivity index (χ0) is 15.4. The van der Waals surface area contributed by atoms with Gasteiger partial charge in [-0.2, -0.15) is 0 Å². The predicted octanol–water partition coefficient (Wildman–Crippen LogP) is 4.71. The number of hydrogen-bond acceptors (Lipinski definition) is 4. The monoisotopic (exact) mass is 311 g/mol. The van der Waals surface area contributed by atoms with Crippen LogP contribution in [0.25, 0.3) is 10.6 Å². The Morgan fingerprint density at radius 3 is 2.36 bits per heavy atom. The molecule has 0 aliphatic carbocycles. The SMILES string of the molecule is COc1ccccc1OCc1sc(-c2ccccc2)nc1C. The van der Waals surface area contributed by atoms with Gasteiger partial charge < -0.3 is 9.47 Å². The van der Waals surface area contributed by atoms with Gasteiger partial charge in [0.15, 0.2) is 11.5 Å².